The van der Waals surface area contributed by atoms with Crippen LogP contribution in [0.3, 0.4) is 0 Å². The SMILES string of the molecule is Cn1cnnc1SC(C=S)CNC(=O)c1ccccc1. The first-order valence-electron chi connectivity index (χ1n) is 6.00. The molecule has 0 fully saturated rings. The number of carbonyl (C=O) groups is 1. The summed E-state index contributed by atoms with van der Waals surface area (Å²) in [5.74, 6) is -0.106. The molecule has 5 nitrogen and oxygen atoms in total. The lowest BCUT2D eigenvalue weighted by atomic mass is 10.2. The van der Waals surface area contributed by atoms with Gasteiger partial charge in [0, 0.05) is 19.2 Å². The second-order valence-electron chi connectivity index (χ2n) is 4.09. The minimum atomic E-state index is -0.106. The molecular weight excluding hydrogens is 292 g/mol. The smallest absolute Gasteiger partial charge is 0.251 e. The molecule has 2 aromatic rings. The van der Waals surface area contributed by atoms with E-state index in [4.69, 9.17) is 12.2 Å². The lowest BCUT2D eigenvalue weighted by Crippen LogP contribution is -2.31. The number of aromatic nitrogens is 3. The second kappa shape index (κ2) is 7.16. The molecule has 0 spiro atoms. The fraction of sp³-hybridized carbons (Fsp3) is 0.231. The van der Waals surface area contributed by atoms with Crippen molar-refractivity contribution in [3.05, 3.63) is 42.2 Å². The molecule has 0 aliphatic heterocycles. The van der Waals surface area contributed by atoms with E-state index >= 15 is 0 Å². The Hall–Kier alpha value is -1.73. The van der Waals surface area contributed by atoms with Gasteiger partial charge in [-0.25, -0.2) is 0 Å². The number of thiocarbonyl (C=S) groups is 1. The van der Waals surface area contributed by atoms with E-state index in [1.165, 1.54) is 11.8 Å². The zero-order valence-corrected chi connectivity index (χ0v) is 12.5. The number of rotatable bonds is 6. The summed E-state index contributed by atoms with van der Waals surface area (Å²) in [6, 6.07) is 9.09. The Morgan fingerprint density at radius 3 is 2.85 bits per heavy atom. The van der Waals surface area contributed by atoms with Gasteiger partial charge in [0.15, 0.2) is 5.16 Å². The third kappa shape index (κ3) is 3.88. The summed E-state index contributed by atoms with van der Waals surface area (Å²) < 4.78 is 1.81. The zero-order chi connectivity index (χ0) is 14.4. The number of carbonyl (C=O) groups excluding carboxylic acids is 1. The predicted molar refractivity (Wildman–Crippen MR) is 83.1 cm³/mol. The van der Waals surface area contributed by atoms with Crippen LogP contribution in [0.2, 0.25) is 0 Å². The van der Waals surface area contributed by atoms with E-state index < -0.39 is 0 Å². The summed E-state index contributed by atoms with van der Waals surface area (Å²) in [6.07, 6.45) is 1.63. The summed E-state index contributed by atoms with van der Waals surface area (Å²) in [4.78, 5) is 11.9. The topological polar surface area (TPSA) is 59.8 Å². The van der Waals surface area contributed by atoms with Gasteiger partial charge in [-0.1, -0.05) is 42.2 Å². The van der Waals surface area contributed by atoms with Crippen LogP contribution in [0.25, 0.3) is 0 Å². The van der Waals surface area contributed by atoms with E-state index in [-0.39, 0.29) is 11.2 Å². The zero-order valence-electron chi connectivity index (χ0n) is 10.9. The number of hydrogen-bond donors (Lipinski definition) is 1. The monoisotopic (exact) mass is 306 g/mol. The van der Waals surface area contributed by atoms with Crippen LogP contribution in [0.1, 0.15) is 10.4 Å². The predicted octanol–water partition coefficient (Wildman–Crippen LogP) is 1.71. The quantitative estimate of drug-likeness (QED) is 0.650. The highest BCUT2D eigenvalue weighted by Gasteiger charge is 2.13. The van der Waals surface area contributed by atoms with Crippen LogP contribution in [0, 0.1) is 0 Å². The molecule has 1 amide bonds. The number of thioether (sulfide) groups is 1. The van der Waals surface area contributed by atoms with Gasteiger partial charge in [0.1, 0.15) is 6.33 Å². The van der Waals surface area contributed by atoms with Crippen LogP contribution in [-0.4, -0.2) is 37.8 Å². The second-order valence-corrected chi connectivity index (χ2v) is 5.57. The highest BCUT2D eigenvalue weighted by Crippen LogP contribution is 2.18. The Morgan fingerprint density at radius 2 is 2.25 bits per heavy atom. The van der Waals surface area contributed by atoms with Crippen LogP contribution in [0.5, 0.6) is 0 Å². The summed E-state index contributed by atoms with van der Waals surface area (Å²) in [5.41, 5.74) is 0.638. The molecule has 7 heteroatoms. The maximum Gasteiger partial charge on any atom is 0.251 e. The fourth-order valence-electron chi connectivity index (χ4n) is 1.52. The number of benzene rings is 1. The van der Waals surface area contributed by atoms with Gasteiger partial charge in [-0.15, -0.1) is 10.2 Å². The van der Waals surface area contributed by atoms with Gasteiger partial charge in [-0.3, -0.25) is 4.79 Å². The summed E-state index contributed by atoms with van der Waals surface area (Å²) >= 11 is 6.48. The van der Waals surface area contributed by atoms with Crippen molar-refractivity contribution in [2.45, 2.75) is 10.4 Å². The Balaban J connectivity index is 1.90. The molecule has 0 radical (unpaired) electrons. The summed E-state index contributed by atoms with van der Waals surface area (Å²) in [7, 11) is 1.87. The van der Waals surface area contributed by atoms with Crippen molar-refractivity contribution in [2.75, 3.05) is 6.54 Å². The average Bonchev–Trinajstić information content (AvgIpc) is 2.89. The number of amides is 1. The van der Waals surface area contributed by atoms with Crippen molar-refractivity contribution in [2.24, 2.45) is 7.05 Å². The Morgan fingerprint density at radius 1 is 1.50 bits per heavy atom. The van der Waals surface area contributed by atoms with E-state index in [9.17, 15) is 4.79 Å². The first-order chi connectivity index (χ1) is 9.70. The van der Waals surface area contributed by atoms with E-state index in [0.29, 0.717) is 12.1 Å². The van der Waals surface area contributed by atoms with Gasteiger partial charge in [0.05, 0.1) is 5.25 Å². The molecule has 1 aromatic heterocycles. The molecule has 1 aromatic carbocycles. The number of nitrogens with one attached hydrogen (secondary N) is 1. The van der Waals surface area contributed by atoms with Crippen LogP contribution < -0.4 is 5.32 Å². The molecule has 104 valence electrons. The van der Waals surface area contributed by atoms with E-state index in [0.717, 1.165) is 5.16 Å². The minimum Gasteiger partial charge on any atom is -0.351 e. The molecule has 1 unspecified atom stereocenters. The van der Waals surface area contributed by atoms with Crippen molar-refractivity contribution in [1.29, 1.82) is 0 Å². The molecule has 1 atom stereocenters. The van der Waals surface area contributed by atoms with Crippen molar-refractivity contribution in [3.8, 4) is 0 Å². The maximum absolute atomic E-state index is 11.9. The van der Waals surface area contributed by atoms with Crippen LogP contribution in [0.15, 0.2) is 41.8 Å². The van der Waals surface area contributed by atoms with Crippen LogP contribution in [-0.2, 0) is 7.05 Å². The number of aryl methyl sites for hydroxylation is 1. The third-order valence-corrected chi connectivity index (χ3v) is 4.26. The molecule has 0 saturated heterocycles. The lowest BCUT2D eigenvalue weighted by Gasteiger charge is -2.11. The third-order valence-electron chi connectivity index (χ3n) is 2.58. The molecule has 2 rings (SSSR count). The van der Waals surface area contributed by atoms with Crippen molar-refractivity contribution in [1.82, 2.24) is 20.1 Å². The average molecular weight is 306 g/mol. The van der Waals surface area contributed by atoms with Gasteiger partial charge in [0.2, 0.25) is 0 Å². The molecule has 0 aliphatic rings. The fourth-order valence-corrected chi connectivity index (χ4v) is 2.58. The maximum atomic E-state index is 11.9. The molecule has 1 heterocycles. The molecule has 0 bridgehead atoms. The molecule has 20 heavy (non-hydrogen) atoms. The lowest BCUT2D eigenvalue weighted by molar-refractivity contribution is 0.0955. The van der Waals surface area contributed by atoms with E-state index in [1.807, 2.05) is 29.8 Å². The van der Waals surface area contributed by atoms with Gasteiger partial charge in [-0.2, -0.15) is 0 Å². The summed E-state index contributed by atoms with van der Waals surface area (Å²) in [6.45, 7) is 0.453. The Labute approximate surface area is 126 Å². The highest BCUT2D eigenvalue weighted by atomic mass is 32.2. The van der Waals surface area contributed by atoms with Gasteiger partial charge < -0.3 is 9.88 Å². The van der Waals surface area contributed by atoms with E-state index in [2.05, 4.69) is 15.5 Å². The number of nitrogens with zero attached hydrogens (tertiary/aromatic N) is 3. The van der Waals surface area contributed by atoms with Crippen LogP contribution in [0.4, 0.5) is 0 Å². The normalized spacial score (nSPS) is 11.8. The highest BCUT2D eigenvalue weighted by molar-refractivity contribution is 8.01. The molecule has 0 aliphatic carbocycles. The Kier molecular flexibility index (Phi) is 5.25. The van der Waals surface area contributed by atoms with Gasteiger partial charge >= 0.3 is 0 Å². The summed E-state index contributed by atoms with van der Waals surface area (Å²) in [5, 5.41) is 13.0. The Bertz CT molecular complexity index is 585. The first-order valence-corrected chi connectivity index (χ1v) is 7.35. The number of hydrogen-bond acceptors (Lipinski definition) is 5. The molecule has 0 saturated carbocycles. The van der Waals surface area contributed by atoms with E-state index in [1.54, 1.807) is 23.8 Å². The minimum absolute atomic E-state index is 0.0273. The van der Waals surface area contributed by atoms with Crippen molar-refractivity contribution < 1.29 is 4.79 Å². The van der Waals surface area contributed by atoms with Gasteiger partial charge in [0.25, 0.3) is 5.91 Å². The van der Waals surface area contributed by atoms with Crippen molar-refractivity contribution >= 4 is 35.3 Å². The molecule has 1 N–H and O–H groups in total. The van der Waals surface area contributed by atoms with Crippen LogP contribution >= 0.6 is 24.0 Å². The van der Waals surface area contributed by atoms with Crippen molar-refractivity contribution in [3.63, 3.8) is 0 Å². The largest absolute Gasteiger partial charge is 0.351 e. The molecular formula is C13H14N4OS2. The van der Waals surface area contributed by atoms with Gasteiger partial charge in [-0.05, 0) is 17.5 Å². The first kappa shape index (κ1) is 14.7. The standard InChI is InChI=1S/C13H14N4OS2/c1-17-9-15-16-13(17)20-11(8-19)7-14-12(18)10-5-3-2-4-6-10/h2-6,8-9,11H,7H2,1H3,(H,14,18).